The van der Waals surface area contributed by atoms with Gasteiger partial charge in [0.15, 0.2) is 4.77 Å². The van der Waals surface area contributed by atoms with Gasteiger partial charge < -0.3 is 20.7 Å². The van der Waals surface area contributed by atoms with Crippen molar-refractivity contribution < 1.29 is 5.11 Å². The number of rotatable bonds is 2. The summed E-state index contributed by atoms with van der Waals surface area (Å²) in [5.41, 5.74) is 3.14. The number of aromatic nitrogens is 2. The van der Waals surface area contributed by atoms with Gasteiger partial charge in [-0.3, -0.25) is 0 Å². The Kier molecular flexibility index (Phi) is 3.18. The lowest BCUT2D eigenvalue weighted by molar-refractivity contribution is 0.475. The van der Waals surface area contributed by atoms with Crippen LogP contribution in [-0.2, 0) is 13.0 Å². The quantitative estimate of drug-likeness (QED) is 0.499. The Hall–Kier alpha value is -1.92. The molecule has 0 aliphatic carbocycles. The van der Waals surface area contributed by atoms with E-state index in [0.717, 1.165) is 36.7 Å². The number of H-pyrrole nitrogens is 1. The molecule has 0 radical (unpaired) electrons. The standard InChI is InChI=1S/C13H14N4OS/c18-9-3-1-8(2-4-9)15-12-10-5-6-14-7-11(10)16-13(19)17-12/h1-4,14,18H,5-7H2,(H2,15,16,17,19). The van der Waals surface area contributed by atoms with Gasteiger partial charge in [-0.15, -0.1) is 0 Å². The van der Waals surface area contributed by atoms with Crippen molar-refractivity contribution in [2.24, 2.45) is 0 Å². The molecule has 0 amide bonds. The number of hydrogen-bond acceptors (Lipinski definition) is 5. The van der Waals surface area contributed by atoms with Gasteiger partial charge in [0.05, 0.1) is 0 Å². The fourth-order valence-electron chi connectivity index (χ4n) is 2.18. The summed E-state index contributed by atoms with van der Waals surface area (Å²) in [6.07, 6.45) is 0.912. The molecule has 2 aromatic rings. The van der Waals surface area contributed by atoms with Gasteiger partial charge in [-0.05, 0) is 49.4 Å². The molecule has 0 saturated heterocycles. The lowest BCUT2D eigenvalue weighted by atomic mass is 10.1. The molecule has 1 aliphatic rings. The van der Waals surface area contributed by atoms with E-state index in [1.54, 1.807) is 12.1 Å². The highest BCUT2D eigenvalue weighted by Crippen LogP contribution is 2.24. The second-order valence-electron chi connectivity index (χ2n) is 4.45. The zero-order valence-corrected chi connectivity index (χ0v) is 11.0. The molecule has 0 fully saturated rings. The predicted octanol–water partition coefficient (Wildman–Crippen LogP) is 2.23. The highest BCUT2D eigenvalue weighted by atomic mass is 32.1. The highest BCUT2D eigenvalue weighted by molar-refractivity contribution is 7.71. The number of anilines is 2. The van der Waals surface area contributed by atoms with Crippen molar-refractivity contribution in [1.29, 1.82) is 0 Å². The first-order valence-corrected chi connectivity index (χ1v) is 6.52. The number of nitrogens with one attached hydrogen (secondary N) is 3. The van der Waals surface area contributed by atoms with E-state index < -0.39 is 0 Å². The Morgan fingerprint density at radius 3 is 2.84 bits per heavy atom. The number of aromatic amines is 1. The van der Waals surface area contributed by atoms with Crippen LogP contribution in [0.3, 0.4) is 0 Å². The molecule has 1 aromatic carbocycles. The number of aromatic hydroxyl groups is 1. The van der Waals surface area contributed by atoms with E-state index in [9.17, 15) is 5.11 Å². The summed E-state index contributed by atoms with van der Waals surface area (Å²) in [6.45, 7) is 1.72. The largest absolute Gasteiger partial charge is 0.508 e. The first kappa shape index (κ1) is 12.1. The van der Waals surface area contributed by atoms with Crippen LogP contribution in [0.4, 0.5) is 11.5 Å². The second kappa shape index (κ2) is 4.99. The molecule has 98 valence electrons. The molecule has 19 heavy (non-hydrogen) atoms. The molecule has 1 aromatic heterocycles. The molecule has 0 unspecified atom stereocenters. The van der Waals surface area contributed by atoms with Gasteiger partial charge in [-0.2, -0.15) is 0 Å². The fraction of sp³-hybridized carbons (Fsp3) is 0.231. The molecule has 0 atom stereocenters. The third-order valence-corrected chi connectivity index (χ3v) is 3.30. The maximum atomic E-state index is 9.29. The van der Waals surface area contributed by atoms with Crippen molar-refractivity contribution in [2.75, 3.05) is 11.9 Å². The van der Waals surface area contributed by atoms with Crippen molar-refractivity contribution >= 4 is 23.7 Å². The van der Waals surface area contributed by atoms with Crippen LogP contribution in [0.5, 0.6) is 5.75 Å². The summed E-state index contributed by atoms with van der Waals surface area (Å²) >= 11 is 5.15. The van der Waals surface area contributed by atoms with Gasteiger partial charge in [0, 0.05) is 23.5 Å². The van der Waals surface area contributed by atoms with Crippen LogP contribution in [0.2, 0.25) is 0 Å². The molecule has 2 heterocycles. The molecule has 1 aliphatic heterocycles. The van der Waals surface area contributed by atoms with Gasteiger partial charge in [0.25, 0.3) is 0 Å². The minimum Gasteiger partial charge on any atom is -0.508 e. The van der Waals surface area contributed by atoms with E-state index in [1.165, 1.54) is 5.56 Å². The molecule has 0 spiro atoms. The molecular weight excluding hydrogens is 260 g/mol. The number of phenolic OH excluding ortho intramolecular Hbond substituents is 1. The molecular formula is C13H14N4OS. The van der Waals surface area contributed by atoms with Crippen LogP contribution in [0.15, 0.2) is 24.3 Å². The van der Waals surface area contributed by atoms with Crippen molar-refractivity contribution in [1.82, 2.24) is 15.3 Å². The average molecular weight is 274 g/mol. The first-order valence-electron chi connectivity index (χ1n) is 6.11. The lowest BCUT2D eigenvalue weighted by Gasteiger charge is -2.20. The lowest BCUT2D eigenvalue weighted by Crippen LogP contribution is -2.26. The molecule has 6 heteroatoms. The number of hydrogen-bond donors (Lipinski definition) is 4. The zero-order chi connectivity index (χ0) is 13.2. The van der Waals surface area contributed by atoms with Crippen LogP contribution >= 0.6 is 12.2 Å². The normalized spacial score (nSPS) is 13.9. The third kappa shape index (κ3) is 2.59. The van der Waals surface area contributed by atoms with Crippen molar-refractivity contribution in [3.63, 3.8) is 0 Å². The topological polar surface area (TPSA) is 73.0 Å². The predicted molar refractivity (Wildman–Crippen MR) is 76.2 cm³/mol. The van der Waals surface area contributed by atoms with Crippen molar-refractivity contribution in [3.05, 3.63) is 40.3 Å². The van der Waals surface area contributed by atoms with Crippen LogP contribution < -0.4 is 10.6 Å². The molecule has 0 bridgehead atoms. The van der Waals surface area contributed by atoms with Crippen molar-refractivity contribution in [2.45, 2.75) is 13.0 Å². The molecule has 3 rings (SSSR count). The van der Waals surface area contributed by atoms with Crippen LogP contribution in [0.1, 0.15) is 11.3 Å². The summed E-state index contributed by atoms with van der Waals surface area (Å²) in [5, 5.41) is 15.8. The average Bonchev–Trinajstić information content (AvgIpc) is 2.41. The van der Waals surface area contributed by atoms with Crippen LogP contribution in [-0.4, -0.2) is 21.6 Å². The van der Waals surface area contributed by atoms with Crippen LogP contribution in [0, 0.1) is 4.77 Å². The molecule has 5 nitrogen and oxygen atoms in total. The number of fused-ring (bicyclic) bond motifs is 1. The monoisotopic (exact) mass is 274 g/mol. The number of phenols is 1. The van der Waals surface area contributed by atoms with E-state index >= 15 is 0 Å². The maximum Gasteiger partial charge on any atom is 0.199 e. The number of nitrogens with zero attached hydrogens (tertiary/aromatic N) is 1. The minimum atomic E-state index is 0.245. The van der Waals surface area contributed by atoms with Gasteiger partial charge in [-0.25, -0.2) is 4.98 Å². The SMILES string of the molecule is Oc1ccc(Nc2nc(=S)[nH]c3c2CCNC3)cc1. The summed E-state index contributed by atoms with van der Waals surface area (Å²) in [4.78, 5) is 7.49. The zero-order valence-electron chi connectivity index (χ0n) is 10.2. The van der Waals surface area contributed by atoms with Gasteiger partial charge in [0.2, 0.25) is 0 Å². The second-order valence-corrected chi connectivity index (χ2v) is 4.83. The number of benzene rings is 1. The Morgan fingerprint density at radius 1 is 1.26 bits per heavy atom. The van der Waals surface area contributed by atoms with Gasteiger partial charge in [-0.1, -0.05) is 0 Å². The van der Waals surface area contributed by atoms with Crippen LogP contribution in [0.25, 0.3) is 0 Å². The van der Waals surface area contributed by atoms with E-state index in [1.807, 2.05) is 12.1 Å². The smallest absolute Gasteiger partial charge is 0.199 e. The van der Waals surface area contributed by atoms with E-state index in [0.29, 0.717) is 4.77 Å². The van der Waals surface area contributed by atoms with Gasteiger partial charge >= 0.3 is 0 Å². The van der Waals surface area contributed by atoms with E-state index in [-0.39, 0.29) is 5.75 Å². The van der Waals surface area contributed by atoms with Crippen molar-refractivity contribution in [3.8, 4) is 5.75 Å². The van der Waals surface area contributed by atoms with E-state index in [2.05, 4.69) is 20.6 Å². The third-order valence-electron chi connectivity index (χ3n) is 3.10. The Bertz CT molecular complexity index is 651. The molecule has 4 N–H and O–H groups in total. The summed E-state index contributed by atoms with van der Waals surface area (Å²) in [5.74, 6) is 1.04. The summed E-state index contributed by atoms with van der Waals surface area (Å²) in [7, 11) is 0. The minimum absolute atomic E-state index is 0.245. The highest BCUT2D eigenvalue weighted by Gasteiger charge is 2.15. The summed E-state index contributed by atoms with van der Waals surface area (Å²) in [6, 6.07) is 6.90. The fourth-order valence-corrected chi connectivity index (χ4v) is 2.39. The molecule has 0 saturated carbocycles. The van der Waals surface area contributed by atoms with E-state index in [4.69, 9.17) is 12.2 Å². The Morgan fingerprint density at radius 2 is 2.05 bits per heavy atom. The first-order chi connectivity index (χ1) is 9.22. The van der Waals surface area contributed by atoms with Gasteiger partial charge in [0.1, 0.15) is 11.6 Å². The Balaban J connectivity index is 1.98. The maximum absolute atomic E-state index is 9.29. The summed E-state index contributed by atoms with van der Waals surface area (Å²) < 4.78 is 0.476. The Labute approximate surface area is 115 Å².